The molecule has 5 nitrogen and oxygen atoms in total. The number of rotatable bonds is 5. The van der Waals surface area contributed by atoms with Crippen LogP contribution in [0, 0.1) is 20.8 Å². The van der Waals surface area contributed by atoms with E-state index in [1.807, 2.05) is 20.8 Å². The van der Waals surface area contributed by atoms with Gasteiger partial charge in [0.05, 0.1) is 11.7 Å². The second-order valence-electron chi connectivity index (χ2n) is 5.90. The summed E-state index contributed by atoms with van der Waals surface area (Å²) >= 11 is 0. The van der Waals surface area contributed by atoms with Crippen LogP contribution in [0.15, 0.2) is 4.42 Å². The number of aryl methyl sites for hydroxylation is 2. The monoisotopic (exact) mass is 294 g/mol. The van der Waals surface area contributed by atoms with E-state index in [-0.39, 0.29) is 12.0 Å². The van der Waals surface area contributed by atoms with Gasteiger partial charge in [0, 0.05) is 25.2 Å². The Morgan fingerprint density at radius 2 is 1.95 bits per heavy atom. The van der Waals surface area contributed by atoms with E-state index in [4.69, 9.17) is 4.42 Å². The number of nitrogens with one attached hydrogen (secondary N) is 1. The zero-order chi connectivity index (χ0) is 15.4. The molecule has 1 aliphatic rings. The van der Waals surface area contributed by atoms with Gasteiger partial charge in [-0.05, 0) is 46.6 Å². The summed E-state index contributed by atoms with van der Waals surface area (Å²) in [7, 11) is 0. The Kier molecular flexibility index (Phi) is 5.42. The summed E-state index contributed by atoms with van der Waals surface area (Å²) in [6.07, 6.45) is 2.52. The Morgan fingerprint density at radius 3 is 2.52 bits per heavy atom. The molecule has 0 unspecified atom stereocenters. The van der Waals surface area contributed by atoms with Crippen molar-refractivity contribution in [1.82, 2.24) is 10.2 Å². The topological polar surface area (TPSA) is 65.7 Å². The van der Waals surface area contributed by atoms with Gasteiger partial charge >= 0.3 is 0 Å². The number of amides is 1. The van der Waals surface area contributed by atoms with Crippen molar-refractivity contribution in [3.63, 3.8) is 0 Å². The summed E-state index contributed by atoms with van der Waals surface area (Å²) in [6, 6.07) is 0. The Balaban J connectivity index is 1.72. The van der Waals surface area contributed by atoms with Gasteiger partial charge in [-0.1, -0.05) is 0 Å². The van der Waals surface area contributed by atoms with Crippen molar-refractivity contribution in [2.24, 2.45) is 0 Å². The number of hydrogen-bond donors (Lipinski definition) is 2. The summed E-state index contributed by atoms with van der Waals surface area (Å²) in [4.78, 5) is 14.5. The van der Waals surface area contributed by atoms with E-state index in [1.54, 1.807) is 0 Å². The maximum Gasteiger partial charge on any atom is 0.255 e. The number of hydrogen-bond acceptors (Lipinski definition) is 4. The normalized spacial score (nSPS) is 17.1. The molecule has 2 N–H and O–H groups in total. The molecule has 1 aromatic rings. The maximum absolute atomic E-state index is 12.2. The number of piperidine rings is 1. The highest BCUT2D eigenvalue weighted by Gasteiger charge is 2.19. The molecule has 2 heterocycles. The highest BCUT2D eigenvalue weighted by Crippen LogP contribution is 2.20. The molecule has 1 aliphatic heterocycles. The first-order valence-electron chi connectivity index (χ1n) is 7.74. The fourth-order valence-electron chi connectivity index (χ4n) is 2.86. The van der Waals surface area contributed by atoms with Gasteiger partial charge in [-0.15, -0.1) is 0 Å². The van der Waals surface area contributed by atoms with Crippen LogP contribution in [0.2, 0.25) is 0 Å². The zero-order valence-corrected chi connectivity index (χ0v) is 13.2. The molecule has 0 saturated carbocycles. The van der Waals surface area contributed by atoms with Gasteiger partial charge in [-0.2, -0.15) is 0 Å². The molecule has 1 fully saturated rings. The van der Waals surface area contributed by atoms with Crippen molar-refractivity contribution in [2.75, 3.05) is 26.2 Å². The van der Waals surface area contributed by atoms with Crippen molar-refractivity contribution in [1.29, 1.82) is 0 Å². The lowest BCUT2D eigenvalue weighted by Crippen LogP contribution is -2.37. The average molecular weight is 294 g/mol. The Labute approximate surface area is 126 Å². The molecule has 118 valence electrons. The standard InChI is InChI=1S/C16H26N2O3/c1-11-12(2)21-13(3)15(11)16(20)17-7-4-8-18-9-5-14(19)6-10-18/h14,19H,4-10H2,1-3H3,(H,17,20). The van der Waals surface area contributed by atoms with Crippen LogP contribution in [0.3, 0.4) is 0 Å². The predicted octanol–water partition coefficient (Wildman–Crippen LogP) is 1.78. The van der Waals surface area contributed by atoms with E-state index in [1.165, 1.54) is 0 Å². The first-order valence-corrected chi connectivity index (χ1v) is 7.74. The molecule has 0 aliphatic carbocycles. The van der Waals surface area contributed by atoms with Crippen molar-refractivity contribution in [3.05, 3.63) is 22.6 Å². The van der Waals surface area contributed by atoms with Crippen molar-refractivity contribution < 1.29 is 14.3 Å². The van der Waals surface area contributed by atoms with E-state index >= 15 is 0 Å². The smallest absolute Gasteiger partial charge is 0.255 e. The molecule has 0 bridgehead atoms. The summed E-state index contributed by atoms with van der Waals surface area (Å²) < 4.78 is 5.49. The minimum Gasteiger partial charge on any atom is -0.466 e. The molecular formula is C16H26N2O3. The van der Waals surface area contributed by atoms with Gasteiger partial charge in [0.1, 0.15) is 11.5 Å². The van der Waals surface area contributed by atoms with Crippen LogP contribution in [0.4, 0.5) is 0 Å². The maximum atomic E-state index is 12.2. The minimum absolute atomic E-state index is 0.0454. The molecule has 0 atom stereocenters. The third kappa shape index (κ3) is 4.08. The molecular weight excluding hydrogens is 268 g/mol. The minimum atomic E-state index is -0.128. The molecule has 1 aromatic heterocycles. The molecule has 0 aromatic carbocycles. The molecule has 0 radical (unpaired) electrons. The van der Waals surface area contributed by atoms with Crippen molar-refractivity contribution >= 4 is 5.91 Å². The summed E-state index contributed by atoms with van der Waals surface area (Å²) in [6.45, 7) is 9.16. The average Bonchev–Trinajstić information content (AvgIpc) is 2.70. The number of nitrogens with zero attached hydrogens (tertiary/aromatic N) is 1. The first-order chi connectivity index (χ1) is 9.99. The summed E-state index contributed by atoms with van der Waals surface area (Å²) in [5.41, 5.74) is 1.60. The van der Waals surface area contributed by atoms with Crippen LogP contribution in [0.5, 0.6) is 0 Å². The lowest BCUT2D eigenvalue weighted by atomic mass is 10.1. The number of likely N-dealkylation sites (tertiary alicyclic amines) is 1. The van der Waals surface area contributed by atoms with Crippen LogP contribution in [-0.2, 0) is 0 Å². The van der Waals surface area contributed by atoms with Gasteiger partial charge in [0.25, 0.3) is 5.91 Å². The number of aliphatic hydroxyl groups is 1. The van der Waals surface area contributed by atoms with Gasteiger partial charge in [-0.25, -0.2) is 0 Å². The number of carbonyl (C=O) groups is 1. The van der Waals surface area contributed by atoms with Crippen LogP contribution < -0.4 is 5.32 Å². The molecule has 0 spiro atoms. The number of furan rings is 1. The van der Waals surface area contributed by atoms with E-state index in [2.05, 4.69) is 10.2 Å². The summed E-state index contributed by atoms with van der Waals surface area (Å²) in [5, 5.41) is 12.4. The van der Waals surface area contributed by atoms with Gasteiger partial charge < -0.3 is 19.7 Å². The largest absolute Gasteiger partial charge is 0.466 e. The highest BCUT2D eigenvalue weighted by atomic mass is 16.3. The van der Waals surface area contributed by atoms with Crippen LogP contribution in [0.25, 0.3) is 0 Å². The van der Waals surface area contributed by atoms with Crippen LogP contribution in [-0.4, -0.2) is 48.2 Å². The fraction of sp³-hybridized carbons (Fsp3) is 0.688. The third-order valence-electron chi connectivity index (χ3n) is 4.28. The quantitative estimate of drug-likeness (QED) is 0.813. The van der Waals surface area contributed by atoms with Crippen LogP contribution in [0.1, 0.15) is 46.7 Å². The van der Waals surface area contributed by atoms with E-state index in [9.17, 15) is 9.90 Å². The SMILES string of the molecule is Cc1oc(C)c(C(=O)NCCCN2CCC(O)CC2)c1C. The van der Waals surface area contributed by atoms with Gasteiger partial charge in [-0.3, -0.25) is 4.79 Å². The van der Waals surface area contributed by atoms with E-state index in [0.717, 1.165) is 50.2 Å². The Hall–Kier alpha value is -1.33. The Bertz CT molecular complexity index is 488. The fourth-order valence-corrected chi connectivity index (χ4v) is 2.86. The molecule has 1 saturated heterocycles. The molecule has 5 heteroatoms. The summed E-state index contributed by atoms with van der Waals surface area (Å²) in [5.74, 6) is 1.45. The predicted molar refractivity (Wildman–Crippen MR) is 81.6 cm³/mol. The van der Waals surface area contributed by atoms with Gasteiger partial charge in [0.2, 0.25) is 0 Å². The first kappa shape index (κ1) is 16.0. The van der Waals surface area contributed by atoms with E-state index in [0.29, 0.717) is 17.9 Å². The highest BCUT2D eigenvalue weighted by molar-refractivity contribution is 5.96. The lowest BCUT2D eigenvalue weighted by Gasteiger charge is -2.29. The number of aliphatic hydroxyl groups excluding tert-OH is 1. The van der Waals surface area contributed by atoms with E-state index < -0.39 is 0 Å². The third-order valence-corrected chi connectivity index (χ3v) is 4.28. The molecule has 2 rings (SSSR count). The van der Waals surface area contributed by atoms with Gasteiger partial charge in [0.15, 0.2) is 0 Å². The lowest BCUT2D eigenvalue weighted by molar-refractivity contribution is 0.0816. The molecule has 1 amide bonds. The van der Waals surface area contributed by atoms with Crippen molar-refractivity contribution in [2.45, 2.75) is 46.1 Å². The van der Waals surface area contributed by atoms with Crippen LogP contribution >= 0.6 is 0 Å². The second kappa shape index (κ2) is 7.09. The number of carbonyl (C=O) groups excluding carboxylic acids is 1. The Morgan fingerprint density at radius 1 is 1.29 bits per heavy atom. The molecule has 21 heavy (non-hydrogen) atoms. The zero-order valence-electron chi connectivity index (χ0n) is 13.2. The second-order valence-corrected chi connectivity index (χ2v) is 5.90. The van der Waals surface area contributed by atoms with Crippen molar-refractivity contribution in [3.8, 4) is 0 Å².